The molecule has 2 aromatic heterocycles. The Morgan fingerprint density at radius 1 is 1.14 bits per heavy atom. The molecule has 0 spiro atoms. The van der Waals surface area contributed by atoms with Crippen molar-refractivity contribution in [2.75, 3.05) is 6.54 Å². The molecular weight excluding hydrogens is 380 g/mol. The Bertz CT molecular complexity index is 1010. The van der Waals surface area contributed by atoms with E-state index in [1.807, 2.05) is 31.7 Å². The quantitative estimate of drug-likeness (QED) is 0.543. The first kappa shape index (κ1) is 19.8. The molecule has 0 atom stereocenters. The minimum atomic E-state index is -0.482. The number of carbonyl (C=O) groups excluding carboxylic acids is 1. The summed E-state index contributed by atoms with van der Waals surface area (Å²) < 4.78 is 7.99. The number of aryl methyl sites for hydroxylation is 1. The molecule has 5 heteroatoms. The maximum Gasteiger partial charge on any atom is 0.410 e. The molecule has 3 heterocycles. The van der Waals surface area contributed by atoms with Gasteiger partial charge in [-0.2, -0.15) is 0 Å². The minimum Gasteiger partial charge on any atom is -0.444 e. The third kappa shape index (κ3) is 4.40. The maximum absolute atomic E-state index is 12.7. The predicted molar refractivity (Wildman–Crippen MR) is 118 cm³/mol. The number of rotatable bonds is 3. The summed E-state index contributed by atoms with van der Waals surface area (Å²) in [6.07, 6.45) is 2.88. The lowest BCUT2D eigenvalue weighted by atomic mass is 10.0. The molecule has 0 bridgehead atoms. The Morgan fingerprint density at radius 3 is 2.55 bits per heavy atom. The van der Waals surface area contributed by atoms with E-state index in [0.717, 1.165) is 13.0 Å². The number of benzene rings is 1. The van der Waals surface area contributed by atoms with Crippen LogP contribution in [0.4, 0.5) is 4.79 Å². The van der Waals surface area contributed by atoms with E-state index in [-0.39, 0.29) is 6.09 Å². The summed E-state index contributed by atoms with van der Waals surface area (Å²) in [5, 5.41) is 0. The zero-order valence-electron chi connectivity index (χ0n) is 17.6. The SMILES string of the molecule is Cc1ccc(-c2cn(Cc3ccccc3)c3c2CN(C(=O)OC(C)(C)C)CC3)s1. The standard InChI is InChI=1S/C24H28N2O2S/c1-17-10-11-22(29-17)20-16-26(14-18-8-6-5-7-9-18)21-12-13-25(15-19(20)21)23(27)28-24(2,3)4/h5-11,16H,12-15H2,1-4H3. The van der Waals surface area contributed by atoms with E-state index in [1.165, 1.54) is 32.1 Å². The molecule has 1 aliphatic rings. The fourth-order valence-corrected chi connectivity index (χ4v) is 4.72. The highest BCUT2D eigenvalue weighted by Gasteiger charge is 2.30. The van der Waals surface area contributed by atoms with Crippen LogP contribution in [0.2, 0.25) is 0 Å². The molecule has 0 radical (unpaired) electrons. The van der Waals surface area contributed by atoms with Crippen molar-refractivity contribution in [2.24, 2.45) is 0 Å². The monoisotopic (exact) mass is 408 g/mol. The van der Waals surface area contributed by atoms with E-state index >= 15 is 0 Å². The van der Waals surface area contributed by atoms with Crippen LogP contribution < -0.4 is 0 Å². The molecular formula is C24H28N2O2S. The van der Waals surface area contributed by atoms with Gasteiger partial charge in [-0.1, -0.05) is 30.3 Å². The Balaban J connectivity index is 1.68. The second-order valence-corrected chi connectivity index (χ2v) is 9.93. The number of ether oxygens (including phenoxy) is 1. The number of hydrogen-bond donors (Lipinski definition) is 0. The van der Waals surface area contributed by atoms with Gasteiger partial charge < -0.3 is 14.2 Å². The maximum atomic E-state index is 12.7. The van der Waals surface area contributed by atoms with Crippen LogP contribution in [0.15, 0.2) is 48.7 Å². The van der Waals surface area contributed by atoms with E-state index in [9.17, 15) is 4.79 Å². The largest absolute Gasteiger partial charge is 0.444 e. The average Bonchev–Trinajstić information content (AvgIpc) is 3.24. The summed E-state index contributed by atoms with van der Waals surface area (Å²) in [4.78, 5) is 17.1. The van der Waals surface area contributed by atoms with E-state index in [1.54, 1.807) is 11.3 Å². The van der Waals surface area contributed by atoms with Crippen LogP contribution in [-0.2, 0) is 24.2 Å². The Kier molecular flexibility index (Phi) is 5.26. The summed E-state index contributed by atoms with van der Waals surface area (Å²) in [7, 11) is 0. The van der Waals surface area contributed by atoms with Crippen LogP contribution in [0.1, 0.15) is 42.5 Å². The lowest BCUT2D eigenvalue weighted by molar-refractivity contribution is 0.0223. The van der Waals surface area contributed by atoms with E-state index < -0.39 is 5.60 Å². The van der Waals surface area contributed by atoms with Crippen LogP contribution in [0, 0.1) is 6.92 Å². The number of carbonyl (C=O) groups is 1. The van der Waals surface area contributed by atoms with Crippen molar-refractivity contribution in [3.05, 3.63) is 70.4 Å². The zero-order valence-corrected chi connectivity index (χ0v) is 18.4. The third-order valence-corrected chi connectivity index (χ3v) is 6.16. The van der Waals surface area contributed by atoms with Crippen LogP contribution in [-0.4, -0.2) is 27.7 Å². The van der Waals surface area contributed by atoms with Gasteiger partial charge in [-0.05, 0) is 45.4 Å². The second-order valence-electron chi connectivity index (χ2n) is 8.64. The molecule has 0 saturated carbocycles. The van der Waals surface area contributed by atoms with Crippen LogP contribution in [0.5, 0.6) is 0 Å². The Morgan fingerprint density at radius 2 is 1.90 bits per heavy atom. The summed E-state index contributed by atoms with van der Waals surface area (Å²) >= 11 is 1.80. The summed E-state index contributed by atoms with van der Waals surface area (Å²) in [6, 6.07) is 14.9. The molecule has 0 unspecified atom stereocenters. The van der Waals surface area contributed by atoms with Crippen LogP contribution in [0.3, 0.4) is 0 Å². The lowest BCUT2D eigenvalue weighted by Crippen LogP contribution is -2.40. The summed E-state index contributed by atoms with van der Waals surface area (Å²) in [5.41, 5.74) is 4.62. The van der Waals surface area contributed by atoms with Gasteiger partial charge in [0.05, 0.1) is 6.54 Å². The van der Waals surface area contributed by atoms with Crippen molar-refractivity contribution in [3.8, 4) is 10.4 Å². The number of nitrogens with zero attached hydrogens (tertiary/aromatic N) is 2. The molecule has 0 saturated heterocycles. The molecule has 0 aliphatic carbocycles. The summed E-state index contributed by atoms with van der Waals surface area (Å²) in [6.45, 7) is 10.00. The van der Waals surface area contributed by atoms with Crippen molar-refractivity contribution in [1.82, 2.24) is 9.47 Å². The lowest BCUT2D eigenvalue weighted by Gasteiger charge is -2.31. The topological polar surface area (TPSA) is 34.5 Å². The Hall–Kier alpha value is -2.53. The molecule has 1 aromatic carbocycles. The zero-order chi connectivity index (χ0) is 20.6. The van der Waals surface area contributed by atoms with Gasteiger partial charge >= 0.3 is 6.09 Å². The number of fused-ring (bicyclic) bond motifs is 1. The minimum absolute atomic E-state index is 0.229. The number of amides is 1. The highest BCUT2D eigenvalue weighted by atomic mass is 32.1. The highest BCUT2D eigenvalue weighted by Crippen LogP contribution is 2.36. The second kappa shape index (κ2) is 7.71. The molecule has 0 fully saturated rings. The molecule has 152 valence electrons. The molecule has 29 heavy (non-hydrogen) atoms. The van der Waals surface area contributed by atoms with Gasteiger partial charge in [0.1, 0.15) is 5.60 Å². The van der Waals surface area contributed by atoms with Crippen LogP contribution in [0.25, 0.3) is 10.4 Å². The average molecular weight is 409 g/mol. The molecule has 4 nitrogen and oxygen atoms in total. The van der Waals surface area contributed by atoms with Gasteiger partial charge in [-0.15, -0.1) is 11.3 Å². The van der Waals surface area contributed by atoms with Gasteiger partial charge in [0.25, 0.3) is 0 Å². The number of thiophene rings is 1. The molecule has 1 amide bonds. The smallest absolute Gasteiger partial charge is 0.410 e. The van der Waals surface area contributed by atoms with Gasteiger partial charge in [0.2, 0.25) is 0 Å². The normalized spacial score (nSPS) is 14.0. The van der Waals surface area contributed by atoms with E-state index in [0.29, 0.717) is 13.1 Å². The fourth-order valence-electron chi connectivity index (χ4n) is 3.82. The number of hydrogen-bond acceptors (Lipinski definition) is 3. The van der Waals surface area contributed by atoms with Crippen molar-refractivity contribution < 1.29 is 9.53 Å². The molecule has 1 aliphatic heterocycles. The number of aromatic nitrogens is 1. The van der Waals surface area contributed by atoms with E-state index in [4.69, 9.17) is 4.74 Å². The van der Waals surface area contributed by atoms with Gasteiger partial charge in [-0.25, -0.2) is 4.79 Å². The summed E-state index contributed by atoms with van der Waals surface area (Å²) in [5.74, 6) is 0. The first-order valence-corrected chi connectivity index (χ1v) is 10.9. The third-order valence-electron chi connectivity index (χ3n) is 5.13. The van der Waals surface area contributed by atoms with Crippen molar-refractivity contribution >= 4 is 17.4 Å². The predicted octanol–water partition coefficient (Wildman–Crippen LogP) is 5.87. The van der Waals surface area contributed by atoms with Gasteiger partial charge in [0, 0.05) is 52.3 Å². The first-order valence-electron chi connectivity index (χ1n) is 10.1. The highest BCUT2D eigenvalue weighted by molar-refractivity contribution is 7.15. The van der Waals surface area contributed by atoms with Crippen molar-refractivity contribution in [2.45, 2.75) is 52.8 Å². The van der Waals surface area contributed by atoms with Gasteiger partial charge in [0.15, 0.2) is 0 Å². The molecule has 4 rings (SSSR count). The molecule has 0 N–H and O–H groups in total. The molecule has 3 aromatic rings. The fraction of sp³-hybridized carbons (Fsp3) is 0.375. The van der Waals surface area contributed by atoms with Crippen molar-refractivity contribution in [3.63, 3.8) is 0 Å². The Labute approximate surface area is 176 Å². The van der Waals surface area contributed by atoms with Gasteiger partial charge in [-0.3, -0.25) is 0 Å². The van der Waals surface area contributed by atoms with E-state index in [2.05, 4.69) is 54.1 Å². The first-order chi connectivity index (χ1) is 13.8. The van der Waals surface area contributed by atoms with Crippen molar-refractivity contribution in [1.29, 1.82) is 0 Å². The van der Waals surface area contributed by atoms with Crippen LogP contribution >= 0.6 is 11.3 Å².